The third-order valence-corrected chi connectivity index (χ3v) is 4.65. The summed E-state index contributed by atoms with van der Waals surface area (Å²) < 4.78 is 0. The minimum absolute atomic E-state index is 0.192. The number of thiazole rings is 1. The first-order chi connectivity index (χ1) is 11.8. The zero-order valence-electron chi connectivity index (χ0n) is 14.0. The Morgan fingerprint density at radius 2 is 1.92 bits per heavy atom. The molecule has 0 radical (unpaired) electrons. The van der Waals surface area contributed by atoms with Crippen LogP contribution < -0.4 is 5.32 Å². The van der Waals surface area contributed by atoms with E-state index in [1.807, 2.05) is 19.0 Å². The Balaban J connectivity index is 2.03. The highest BCUT2D eigenvalue weighted by atomic mass is 35.5. The highest BCUT2D eigenvalue weighted by Gasteiger charge is 2.17. The molecule has 6 nitrogen and oxygen atoms in total. The summed E-state index contributed by atoms with van der Waals surface area (Å²) in [6.45, 7) is 1.34. The van der Waals surface area contributed by atoms with E-state index in [1.54, 1.807) is 23.4 Å². The topological polar surface area (TPSA) is 65.5 Å². The molecule has 2 rings (SSSR count). The molecule has 0 spiro atoms. The molecule has 0 bridgehead atoms. The molecule has 0 aliphatic rings. The number of nitrogens with one attached hydrogen (secondary N) is 1. The second kappa shape index (κ2) is 8.62. The van der Waals surface area contributed by atoms with Crippen LogP contribution >= 0.6 is 34.5 Å². The number of halogens is 2. The molecule has 1 aromatic heterocycles. The standard InChI is InChI=1S/C16H18Cl2N4O2S/c1-21(2)6-7-22(3)15(24)13-9-25-16(19-13)20-14(23)11-5-4-10(17)8-12(11)18/h4-5,8-9H,6-7H2,1-3H3,(H,19,20,23). The number of hydrogen-bond donors (Lipinski definition) is 1. The maximum absolute atomic E-state index is 12.3. The normalized spacial score (nSPS) is 10.8. The largest absolute Gasteiger partial charge is 0.339 e. The van der Waals surface area contributed by atoms with Gasteiger partial charge < -0.3 is 9.80 Å². The van der Waals surface area contributed by atoms with E-state index in [0.29, 0.717) is 22.4 Å². The van der Waals surface area contributed by atoms with Crippen LogP contribution in [0.25, 0.3) is 0 Å². The predicted octanol–water partition coefficient (Wildman–Crippen LogP) is 3.34. The summed E-state index contributed by atoms with van der Waals surface area (Å²) in [6.07, 6.45) is 0. The van der Waals surface area contributed by atoms with Gasteiger partial charge in [0.25, 0.3) is 11.8 Å². The zero-order valence-corrected chi connectivity index (χ0v) is 16.4. The van der Waals surface area contributed by atoms with Crippen LogP contribution in [0.1, 0.15) is 20.8 Å². The number of carbonyl (C=O) groups excluding carboxylic acids is 2. The lowest BCUT2D eigenvalue weighted by Crippen LogP contribution is -2.33. The molecule has 0 fully saturated rings. The molecule has 9 heteroatoms. The molecule has 0 saturated carbocycles. The second-order valence-electron chi connectivity index (χ2n) is 5.65. The Morgan fingerprint density at radius 1 is 1.20 bits per heavy atom. The number of nitrogens with zero attached hydrogens (tertiary/aromatic N) is 3. The molecule has 2 aromatic rings. The van der Waals surface area contributed by atoms with Crippen LogP contribution in [-0.2, 0) is 0 Å². The van der Waals surface area contributed by atoms with Crippen molar-refractivity contribution in [3.63, 3.8) is 0 Å². The molecule has 0 aliphatic heterocycles. The fourth-order valence-corrected chi connectivity index (χ4v) is 3.09. The lowest BCUT2D eigenvalue weighted by Gasteiger charge is -2.18. The van der Waals surface area contributed by atoms with Crippen LogP contribution in [0.4, 0.5) is 5.13 Å². The third kappa shape index (κ3) is 5.40. The van der Waals surface area contributed by atoms with E-state index in [1.165, 1.54) is 23.5 Å². The van der Waals surface area contributed by atoms with E-state index in [-0.39, 0.29) is 16.5 Å². The van der Waals surface area contributed by atoms with Gasteiger partial charge in [-0.15, -0.1) is 11.3 Å². The Kier molecular flexibility index (Phi) is 6.78. The second-order valence-corrected chi connectivity index (χ2v) is 7.35. The smallest absolute Gasteiger partial charge is 0.273 e. The molecule has 0 aliphatic carbocycles. The summed E-state index contributed by atoms with van der Waals surface area (Å²) in [5, 5.41) is 5.30. The lowest BCUT2D eigenvalue weighted by atomic mass is 10.2. The van der Waals surface area contributed by atoms with Crippen LogP contribution in [0.3, 0.4) is 0 Å². The van der Waals surface area contributed by atoms with Crippen molar-refractivity contribution in [3.8, 4) is 0 Å². The van der Waals surface area contributed by atoms with Gasteiger partial charge >= 0.3 is 0 Å². The fraction of sp³-hybridized carbons (Fsp3) is 0.312. The number of likely N-dealkylation sites (N-methyl/N-ethyl adjacent to an activating group) is 2. The molecule has 2 amide bonds. The summed E-state index contributed by atoms with van der Waals surface area (Å²) >= 11 is 13.0. The van der Waals surface area contributed by atoms with Gasteiger partial charge in [0.2, 0.25) is 0 Å². The lowest BCUT2D eigenvalue weighted by molar-refractivity contribution is 0.0781. The van der Waals surface area contributed by atoms with E-state index >= 15 is 0 Å². The molecule has 1 heterocycles. The number of rotatable bonds is 6. The summed E-state index contributed by atoms with van der Waals surface area (Å²) in [5.74, 6) is -0.598. The van der Waals surface area contributed by atoms with E-state index in [4.69, 9.17) is 23.2 Å². The van der Waals surface area contributed by atoms with Crippen molar-refractivity contribution >= 4 is 51.5 Å². The van der Waals surface area contributed by atoms with Crippen LogP contribution in [0.15, 0.2) is 23.6 Å². The number of aromatic nitrogens is 1. The average Bonchev–Trinajstić information content (AvgIpc) is 3.00. The van der Waals surface area contributed by atoms with Gasteiger partial charge in [-0.25, -0.2) is 4.98 Å². The van der Waals surface area contributed by atoms with Gasteiger partial charge in [0.05, 0.1) is 10.6 Å². The van der Waals surface area contributed by atoms with E-state index in [0.717, 1.165) is 6.54 Å². The summed E-state index contributed by atoms with van der Waals surface area (Å²) in [4.78, 5) is 32.4. The van der Waals surface area contributed by atoms with Crippen LogP contribution in [-0.4, -0.2) is 60.8 Å². The molecule has 1 aromatic carbocycles. The molecule has 134 valence electrons. The van der Waals surface area contributed by atoms with E-state index < -0.39 is 5.91 Å². The van der Waals surface area contributed by atoms with Crippen molar-refractivity contribution in [3.05, 3.63) is 44.9 Å². The Labute approximate surface area is 160 Å². The van der Waals surface area contributed by atoms with Crippen LogP contribution in [0.2, 0.25) is 10.0 Å². The fourth-order valence-electron chi connectivity index (χ4n) is 1.91. The van der Waals surface area contributed by atoms with Crippen LogP contribution in [0, 0.1) is 0 Å². The average molecular weight is 401 g/mol. The molecule has 0 saturated heterocycles. The molecular weight excluding hydrogens is 383 g/mol. The molecule has 1 N–H and O–H groups in total. The number of hydrogen-bond acceptors (Lipinski definition) is 5. The monoisotopic (exact) mass is 400 g/mol. The first-order valence-electron chi connectivity index (χ1n) is 7.40. The minimum Gasteiger partial charge on any atom is -0.339 e. The first kappa shape index (κ1) is 19.7. The highest BCUT2D eigenvalue weighted by Crippen LogP contribution is 2.23. The number of benzene rings is 1. The van der Waals surface area contributed by atoms with Crippen molar-refractivity contribution in [1.29, 1.82) is 0 Å². The van der Waals surface area contributed by atoms with E-state index in [2.05, 4.69) is 10.3 Å². The molecule has 0 unspecified atom stereocenters. The van der Waals surface area contributed by atoms with Gasteiger partial charge in [-0.1, -0.05) is 23.2 Å². The van der Waals surface area contributed by atoms with Gasteiger partial charge in [-0.3, -0.25) is 14.9 Å². The van der Waals surface area contributed by atoms with E-state index in [9.17, 15) is 9.59 Å². The molecular formula is C16H18Cl2N4O2S. The van der Waals surface area contributed by atoms with Crippen molar-refractivity contribution < 1.29 is 9.59 Å². The zero-order chi connectivity index (χ0) is 18.6. The van der Waals surface area contributed by atoms with Crippen molar-refractivity contribution in [2.24, 2.45) is 0 Å². The van der Waals surface area contributed by atoms with Crippen molar-refractivity contribution in [2.45, 2.75) is 0 Å². The van der Waals surface area contributed by atoms with Crippen molar-refractivity contribution in [2.75, 3.05) is 39.5 Å². The van der Waals surface area contributed by atoms with Gasteiger partial charge in [0.15, 0.2) is 5.13 Å². The quantitative estimate of drug-likeness (QED) is 0.807. The minimum atomic E-state index is -0.407. The van der Waals surface area contributed by atoms with Gasteiger partial charge in [-0.2, -0.15) is 0 Å². The number of anilines is 1. The Morgan fingerprint density at radius 3 is 2.56 bits per heavy atom. The predicted molar refractivity (Wildman–Crippen MR) is 102 cm³/mol. The number of carbonyl (C=O) groups is 2. The van der Waals surface area contributed by atoms with Gasteiger partial charge in [-0.05, 0) is 32.3 Å². The maximum Gasteiger partial charge on any atom is 0.273 e. The highest BCUT2D eigenvalue weighted by molar-refractivity contribution is 7.14. The number of amides is 2. The summed E-state index contributed by atoms with van der Waals surface area (Å²) in [5.41, 5.74) is 0.584. The summed E-state index contributed by atoms with van der Waals surface area (Å²) in [7, 11) is 5.60. The maximum atomic E-state index is 12.3. The Bertz CT molecular complexity index is 779. The Hall–Kier alpha value is -1.67. The molecule has 25 heavy (non-hydrogen) atoms. The van der Waals surface area contributed by atoms with Crippen molar-refractivity contribution in [1.82, 2.24) is 14.8 Å². The first-order valence-corrected chi connectivity index (χ1v) is 9.03. The molecule has 0 atom stereocenters. The van der Waals surface area contributed by atoms with Crippen LogP contribution in [0.5, 0.6) is 0 Å². The SMILES string of the molecule is CN(C)CCN(C)C(=O)c1csc(NC(=O)c2ccc(Cl)cc2Cl)n1. The summed E-state index contributed by atoms with van der Waals surface area (Å²) in [6, 6.07) is 4.61. The third-order valence-electron chi connectivity index (χ3n) is 3.35. The van der Waals surface area contributed by atoms with Gasteiger partial charge in [0.1, 0.15) is 5.69 Å². The van der Waals surface area contributed by atoms with Gasteiger partial charge in [0, 0.05) is 30.5 Å².